The molecule has 0 aliphatic rings. The Bertz CT molecular complexity index is 877. The summed E-state index contributed by atoms with van der Waals surface area (Å²) >= 11 is 0. The fraction of sp³-hybridized carbons (Fsp3) is 0.278. The number of carbonyl (C=O) groups excluding carboxylic acids is 1. The summed E-state index contributed by atoms with van der Waals surface area (Å²) in [5.74, 6) is 0.0762. The lowest BCUT2D eigenvalue weighted by Gasteiger charge is -2.24. The highest BCUT2D eigenvalue weighted by molar-refractivity contribution is 7.93. The molecule has 8 heteroatoms. The van der Waals surface area contributed by atoms with Gasteiger partial charge in [0.15, 0.2) is 0 Å². The van der Waals surface area contributed by atoms with E-state index in [9.17, 15) is 13.2 Å². The molecule has 0 atom stereocenters. The molecule has 2 aromatic carbocycles. The molecule has 0 fully saturated rings. The minimum atomic E-state index is -4.08. The molecule has 0 heterocycles. The van der Waals surface area contributed by atoms with Gasteiger partial charge >= 0.3 is 5.97 Å². The van der Waals surface area contributed by atoms with Crippen molar-refractivity contribution in [2.75, 3.05) is 32.2 Å². The molecule has 0 spiro atoms. The number of esters is 1. The first-order valence-electron chi connectivity index (χ1n) is 7.71. The number of hydrogen-bond donors (Lipinski definition) is 0. The van der Waals surface area contributed by atoms with Crippen LogP contribution in [-0.2, 0) is 19.6 Å². The highest BCUT2D eigenvalue weighted by Crippen LogP contribution is 2.31. The Hall–Kier alpha value is -2.74. The fourth-order valence-electron chi connectivity index (χ4n) is 2.35. The number of hydrogen-bond acceptors (Lipinski definition) is 6. The van der Waals surface area contributed by atoms with Crippen molar-refractivity contribution in [3.05, 3.63) is 48.0 Å². The average Bonchev–Trinajstić information content (AvgIpc) is 2.65. The Labute approximate surface area is 153 Å². The monoisotopic (exact) mass is 379 g/mol. The molecule has 0 unspecified atom stereocenters. The van der Waals surface area contributed by atoms with E-state index in [1.807, 2.05) is 0 Å². The number of nitrogens with zero attached hydrogens (tertiary/aromatic N) is 1. The van der Waals surface area contributed by atoms with Crippen molar-refractivity contribution in [3.8, 4) is 11.5 Å². The van der Waals surface area contributed by atoms with Crippen LogP contribution in [0.15, 0.2) is 47.4 Å². The smallest absolute Gasteiger partial charge is 0.326 e. The van der Waals surface area contributed by atoms with Crippen LogP contribution in [0, 0.1) is 6.92 Å². The molecule has 0 saturated heterocycles. The van der Waals surface area contributed by atoms with E-state index < -0.39 is 22.5 Å². The first-order valence-corrected chi connectivity index (χ1v) is 9.15. The standard InChI is InChI=1S/C18H21NO6S/c1-13-5-10-16(24-3)17(11-13)26(21,22)19(12-18(20)25-4)14-6-8-15(23-2)9-7-14/h5-11H,12H2,1-4H3. The van der Waals surface area contributed by atoms with Gasteiger partial charge in [0.25, 0.3) is 10.0 Å². The van der Waals surface area contributed by atoms with E-state index in [0.717, 1.165) is 9.87 Å². The molecule has 0 bridgehead atoms. The molecule has 7 nitrogen and oxygen atoms in total. The van der Waals surface area contributed by atoms with Crippen LogP contribution in [0.5, 0.6) is 11.5 Å². The second kappa shape index (κ2) is 8.09. The average molecular weight is 379 g/mol. The Morgan fingerprint density at radius 3 is 2.19 bits per heavy atom. The van der Waals surface area contributed by atoms with Crippen LogP contribution in [0.2, 0.25) is 0 Å². The molecule has 0 amide bonds. The zero-order valence-electron chi connectivity index (χ0n) is 15.1. The van der Waals surface area contributed by atoms with Gasteiger partial charge in [0.2, 0.25) is 0 Å². The molecule has 0 radical (unpaired) electrons. The highest BCUT2D eigenvalue weighted by atomic mass is 32.2. The van der Waals surface area contributed by atoms with Crippen LogP contribution in [0.25, 0.3) is 0 Å². The van der Waals surface area contributed by atoms with Crippen LogP contribution in [-0.4, -0.2) is 42.3 Å². The second-order valence-electron chi connectivity index (χ2n) is 5.44. The van der Waals surface area contributed by atoms with Gasteiger partial charge in [-0.1, -0.05) is 6.07 Å². The molecule has 0 N–H and O–H groups in total. The number of sulfonamides is 1. The van der Waals surface area contributed by atoms with Crippen molar-refractivity contribution in [1.82, 2.24) is 0 Å². The van der Waals surface area contributed by atoms with Crippen LogP contribution in [0.1, 0.15) is 5.56 Å². The summed E-state index contributed by atoms with van der Waals surface area (Å²) in [6.07, 6.45) is 0. The number of methoxy groups -OCH3 is 3. The van der Waals surface area contributed by atoms with Crippen molar-refractivity contribution in [2.45, 2.75) is 11.8 Å². The van der Waals surface area contributed by atoms with Gasteiger partial charge in [-0.2, -0.15) is 0 Å². The zero-order chi connectivity index (χ0) is 19.3. The lowest BCUT2D eigenvalue weighted by atomic mass is 10.2. The predicted octanol–water partition coefficient (Wildman–Crippen LogP) is 2.38. The molecule has 2 aromatic rings. The Kier molecular flexibility index (Phi) is 6.10. The van der Waals surface area contributed by atoms with Gasteiger partial charge in [-0.15, -0.1) is 0 Å². The van der Waals surface area contributed by atoms with Crippen molar-refractivity contribution in [2.24, 2.45) is 0 Å². The van der Waals surface area contributed by atoms with Gasteiger partial charge in [0.1, 0.15) is 22.9 Å². The summed E-state index contributed by atoms with van der Waals surface area (Å²) in [7, 11) is 0.0254. The van der Waals surface area contributed by atoms with E-state index in [-0.39, 0.29) is 10.6 Å². The topological polar surface area (TPSA) is 82.1 Å². The van der Waals surface area contributed by atoms with E-state index in [0.29, 0.717) is 11.4 Å². The molecule has 140 valence electrons. The lowest BCUT2D eigenvalue weighted by Crippen LogP contribution is -2.36. The number of benzene rings is 2. The maximum absolute atomic E-state index is 13.3. The quantitative estimate of drug-likeness (QED) is 0.687. The maximum Gasteiger partial charge on any atom is 0.326 e. The van der Waals surface area contributed by atoms with Gasteiger partial charge in [0, 0.05) is 0 Å². The molecule has 0 aliphatic carbocycles. The third-order valence-electron chi connectivity index (χ3n) is 3.75. The number of aryl methyl sites for hydroxylation is 1. The van der Waals surface area contributed by atoms with Gasteiger partial charge in [0.05, 0.1) is 27.0 Å². The highest BCUT2D eigenvalue weighted by Gasteiger charge is 2.30. The summed E-state index contributed by atoms with van der Waals surface area (Å²) < 4.78 is 42.5. The largest absolute Gasteiger partial charge is 0.497 e. The van der Waals surface area contributed by atoms with Crippen molar-refractivity contribution < 1.29 is 27.4 Å². The molecule has 26 heavy (non-hydrogen) atoms. The van der Waals surface area contributed by atoms with Gasteiger partial charge in [-0.05, 0) is 48.9 Å². The van der Waals surface area contributed by atoms with E-state index in [1.54, 1.807) is 43.3 Å². The number of carbonyl (C=O) groups is 1. The first kappa shape index (κ1) is 19.6. The van der Waals surface area contributed by atoms with Crippen LogP contribution < -0.4 is 13.8 Å². The minimum Gasteiger partial charge on any atom is -0.497 e. The lowest BCUT2D eigenvalue weighted by molar-refractivity contribution is -0.138. The zero-order valence-corrected chi connectivity index (χ0v) is 15.9. The number of anilines is 1. The molecular weight excluding hydrogens is 358 g/mol. The Balaban J connectivity index is 2.59. The molecule has 2 rings (SSSR count). The summed E-state index contributed by atoms with van der Waals surface area (Å²) in [6, 6.07) is 11.2. The molecule has 0 aliphatic heterocycles. The van der Waals surface area contributed by atoms with Gasteiger partial charge in [-0.25, -0.2) is 8.42 Å². The summed E-state index contributed by atoms with van der Waals surface area (Å²) in [4.78, 5) is 11.8. The Morgan fingerprint density at radius 1 is 1.00 bits per heavy atom. The summed E-state index contributed by atoms with van der Waals surface area (Å²) in [5.41, 5.74) is 1.05. The van der Waals surface area contributed by atoms with E-state index in [4.69, 9.17) is 9.47 Å². The summed E-state index contributed by atoms with van der Waals surface area (Å²) in [6.45, 7) is 1.30. The first-order chi connectivity index (χ1) is 12.3. The molecular formula is C18H21NO6S. The normalized spacial score (nSPS) is 10.9. The second-order valence-corrected chi connectivity index (χ2v) is 7.27. The molecule has 0 aromatic heterocycles. The number of rotatable bonds is 7. The SMILES string of the molecule is COC(=O)CN(c1ccc(OC)cc1)S(=O)(=O)c1cc(C)ccc1OC. The van der Waals surface area contributed by atoms with Crippen molar-refractivity contribution in [3.63, 3.8) is 0 Å². The summed E-state index contributed by atoms with van der Waals surface area (Å²) in [5, 5.41) is 0. The van der Waals surface area contributed by atoms with E-state index in [1.165, 1.54) is 27.4 Å². The maximum atomic E-state index is 13.3. The number of ether oxygens (including phenoxy) is 3. The Morgan fingerprint density at radius 2 is 1.65 bits per heavy atom. The predicted molar refractivity (Wildman–Crippen MR) is 97.3 cm³/mol. The third kappa shape index (κ3) is 4.08. The van der Waals surface area contributed by atoms with Crippen LogP contribution >= 0.6 is 0 Å². The van der Waals surface area contributed by atoms with Crippen LogP contribution in [0.3, 0.4) is 0 Å². The fourth-order valence-corrected chi connectivity index (χ4v) is 4.00. The minimum absolute atomic E-state index is 0.0280. The van der Waals surface area contributed by atoms with Crippen molar-refractivity contribution >= 4 is 21.7 Å². The third-order valence-corrected chi connectivity index (χ3v) is 5.54. The van der Waals surface area contributed by atoms with E-state index in [2.05, 4.69) is 4.74 Å². The molecule has 0 saturated carbocycles. The van der Waals surface area contributed by atoms with E-state index >= 15 is 0 Å². The van der Waals surface area contributed by atoms with Crippen molar-refractivity contribution in [1.29, 1.82) is 0 Å². The van der Waals surface area contributed by atoms with Gasteiger partial charge in [-0.3, -0.25) is 9.10 Å². The van der Waals surface area contributed by atoms with Crippen LogP contribution in [0.4, 0.5) is 5.69 Å². The van der Waals surface area contributed by atoms with Gasteiger partial charge < -0.3 is 14.2 Å².